The lowest BCUT2D eigenvalue weighted by Crippen LogP contribution is -2.37. The van der Waals surface area contributed by atoms with E-state index < -0.39 is 42.9 Å². The minimum atomic E-state index is -4.42. The number of alkyl halides is 5. The summed E-state index contributed by atoms with van der Waals surface area (Å²) in [4.78, 5) is 30.2. The first-order chi connectivity index (χ1) is 19.9. The molecule has 2 atom stereocenters. The van der Waals surface area contributed by atoms with Crippen molar-refractivity contribution >= 4 is 17.5 Å². The minimum absolute atomic E-state index is 0.0862. The van der Waals surface area contributed by atoms with Gasteiger partial charge in [-0.15, -0.1) is 0 Å². The number of fused-ring (bicyclic) bond motifs is 1. The van der Waals surface area contributed by atoms with Crippen molar-refractivity contribution in [3.8, 4) is 0 Å². The Labute approximate surface area is 239 Å². The van der Waals surface area contributed by atoms with E-state index in [1.165, 1.54) is 10.7 Å². The fourth-order valence-electron chi connectivity index (χ4n) is 5.52. The van der Waals surface area contributed by atoms with E-state index in [1.54, 1.807) is 29.3 Å². The molecular formula is C28H34F5N7O2. The molecule has 0 radical (unpaired) electrons. The average molecular weight is 596 g/mol. The van der Waals surface area contributed by atoms with Crippen molar-refractivity contribution in [2.45, 2.75) is 95.4 Å². The van der Waals surface area contributed by atoms with Gasteiger partial charge < -0.3 is 10.6 Å². The van der Waals surface area contributed by atoms with Crippen LogP contribution in [-0.2, 0) is 11.3 Å². The van der Waals surface area contributed by atoms with E-state index in [1.807, 2.05) is 6.92 Å². The number of nitrogens with one attached hydrogen (secondary N) is 2. The Kier molecular flexibility index (Phi) is 8.51. The summed E-state index contributed by atoms with van der Waals surface area (Å²) < 4.78 is 68.9. The maximum atomic E-state index is 14.0. The first kappa shape index (κ1) is 29.9. The van der Waals surface area contributed by atoms with Crippen LogP contribution in [0, 0.1) is 11.8 Å². The highest BCUT2D eigenvalue weighted by molar-refractivity contribution is 5.94. The van der Waals surface area contributed by atoms with Crippen molar-refractivity contribution in [1.82, 2.24) is 35.0 Å². The average Bonchev–Trinajstić information content (AvgIpc) is 3.50. The molecule has 9 nitrogen and oxygen atoms in total. The van der Waals surface area contributed by atoms with E-state index in [4.69, 9.17) is 4.98 Å². The third kappa shape index (κ3) is 7.43. The van der Waals surface area contributed by atoms with Crippen molar-refractivity contribution in [1.29, 1.82) is 0 Å². The van der Waals surface area contributed by atoms with Crippen LogP contribution in [0.15, 0.2) is 30.9 Å². The smallest absolute Gasteiger partial charge is 0.349 e. The van der Waals surface area contributed by atoms with Crippen LogP contribution in [0.3, 0.4) is 0 Å². The Balaban J connectivity index is 1.38. The van der Waals surface area contributed by atoms with Crippen LogP contribution < -0.4 is 10.6 Å². The first-order valence-electron chi connectivity index (χ1n) is 14.3. The second kappa shape index (κ2) is 12.0. The molecule has 5 rings (SSSR count). The predicted octanol–water partition coefficient (Wildman–Crippen LogP) is 5.54. The van der Waals surface area contributed by atoms with Gasteiger partial charge in [0.15, 0.2) is 5.65 Å². The van der Waals surface area contributed by atoms with E-state index in [-0.39, 0.29) is 43.4 Å². The molecule has 3 heterocycles. The zero-order valence-electron chi connectivity index (χ0n) is 23.2. The van der Waals surface area contributed by atoms with Crippen LogP contribution in [0.25, 0.3) is 5.65 Å². The molecule has 0 unspecified atom stereocenters. The Morgan fingerprint density at radius 2 is 1.74 bits per heavy atom. The molecule has 228 valence electrons. The zero-order chi connectivity index (χ0) is 30.1. The van der Waals surface area contributed by atoms with Gasteiger partial charge in [0.2, 0.25) is 11.8 Å². The van der Waals surface area contributed by atoms with Crippen LogP contribution in [0.4, 0.5) is 22.0 Å². The summed E-state index contributed by atoms with van der Waals surface area (Å²) in [5.41, 5.74) is 1.84. The van der Waals surface area contributed by atoms with Gasteiger partial charge >= 0.3 is 6.18 Å². The van der Waals surface area contributed by atoms with Crippen molar-refractivity contribution in [3.05, 3.63) is 47.7 Å². The first-order valence-corrected chi connectivity index (χ1v) is 14.3. The molecule has 14 heteroatoms. The Morgan fingerprint density at radius 3 is 2.40 bits per heavy atom. The van der Waals surface area contributed by atoms with Crippen LogP contribution in [0.5, 0.6) is 0 Å². The van der Waals surface area contributed by atoms with Crippen molar-refractivity contribution in [2.24, 2.45) is 11.8 Å². The summed E-state index contributed by atoms with van der Waals surface area (Å²) in [6.07, 6.45) is 2.34. The van der Waals surface area contributed by atoms with Crippen LogP contribution >= 0.6 is 0 Å². The Bertz CT molecular complexity index is 1410. The van der Waals surface area contributed by atoms with Gasteiger partial charge in [0.05, 0.1) is 48.4 Å². The van der Waals surface area contributed by atoms with Crippen molar-refractivity contribution < 1.29 is 31.5 Å². The van der Waals surface area contributed by atoms with Crippen LogP contribution in [-0.4, -0.2) is 48.3 Å². The highest BCUT2D eigenvalue weighted by atomic mass is 19.4. The topological polar surface area (TPSA) is 106 Å². The lowest BCUT2D eigenvalue weighted by molar-refractivity contribution is -0.144. The Morgan fingerprint density at radius 1 is 1.02 bits per heavy atom. The summed E-state index contributed by atoms with van der Waals surface area (Å²) >= 11 is 0. The molecule has 2 saturated carbocycles. The number of rotatable bonds is 11. The van der Waals surface area contributed by atoms with Gasteiger partial charge in [0, 0.05) is 32.0 Å². The third-order valence-electron chi connectivity index (χ3n) is 7.95. The fourth-order valence-corrected chi connectivity index (χ4v) is 5.52. The molecular weight excluding hydrogens is 561 g/mol. The molecule has 0 aromatic carbocycles. The third-order valence-corrected chi connectivity index (χ3v) is 7.95. The second-order valence-electron chi connectivity index (χ2n) is 11.4. The quantitative estimate of drug-likeness (QED) is 0.283. The van der Waals surface area contributed by atoms with Gasteiger partial charge in [-0.3, -0.25) is 14.3 Å². The number of aryl methyl sites for hydroxylation is 1. The van der Waals surface area contributed by atoms with Crippen molar-refractivity contribution in [3.63, 3.8) is 0 Å². The molecule has 0 spiro atoms. The summed E-state index contributed by atoms with van der Waals surface area (Å²) in [7, 11) is 0. The summed E-state index contributed by atoms with van der Waals surface area (Å²) in [5, 5.41) is 14.3. The molecule has 3 aromatic heterocycles. The largest absolute Gasteiger partial charge is 0.389 e. The second-order valence-corrected chi connectivity index (χ2v) is 11.4. The fraction of sp³-hybridized carbons (Fsp3) is 0.607. The molecule has 42 heavy (non-hydrogen) atoms. The summed E-state index contributed by atoms with van der Waals surface area (Å²) in [6.45, 7) is 2.65. The summed E-state index contributed by atoms with van der Waals surface area (Å²) in [6, 6.07) is 0.556. The van der Waals surface area contributed by atoms with E-state index in [2.05, 4.69) is 20.8 Å². The number of carbonyl (C=O) groups is 2. The van der Waals surface area contributed by atoms with E-state index >= 15 is 0 Å². The van der Waals surface area contributed by atoms with Gasteiger partial charge in [0.1, 0.15) is 0 Å². The van der Waals surface area contributed by atoms with E-state index in [0.717, 1.165) is 19.3 Å². The number of nitrogens with zero attached hydrogens (tertiary/aromatic N) is 5. The number of amides is 2. The number of carbonyl (C=O) groups excluding carboxylic acids is 2. The van der Waals surface area contributed by atoms with Gasteiger partial charge in [-0.25, -0.2) is 18.3 Å². The molecule has 0 saturated heterocycles. The summed E-state index contributed by atoms with van der Waals surface area (Å²) in [5.74, 6) is -4.02. The molecule has 2 aliphatic carbocycles. The highest BCUT2D eigenvalue weighted by Gasteiger charge is 2.40. The van der Waals surface area contributed by atoms with E-state index in [0.29, 0.717) is 29.0 Å². The molecule has 0 aliphatic heterocycles. The lowest BCUT2D eigenvalue weighted by Gasteiger charge is -2.33. The normalized spacial score (nSPS) is 19.0. The minimum Gasteiger partial charge on any atom is -0.349 e. The Hall–Kier alpha value is -3.58. The highest BCUT2D eigenvalue weighted by Crippen LogP contribution is 2.43. The maximum absolute atomic E-state index is 14.0. The number of hydrogen-bond acceptors (Lipinski definition) is 5. The molecule has 2 fully saturated rings. The molecule has 3 aromatic rings. The molecule has 2 N–H and O–H groups in total. The van der Waals surface area contributed by atoms with Crippen LogP contribution in [0.2, 0.25) is 0 Å². The standard InChI is InChI=1S/C28H34F5N7O2/c1-2-11-39-15-20(14-34-39)26(42)38-25(18-5-8-27(29,30)9-6-18)21-16-40-22(36-21)12-19(13-35-40)24(17-3-4-17)37-23(41)7-10-28(31,32)33/h12-18,24-25H,2-11H2,1H3,(H,37,41)(H,38,42)/t24-,25+/m1/s1. The zero-order valence-corrected chi connectivity index (χ0v) is 23.2. The van der Waals surface area contributed by atoms with Gasteiger partial charge in [-0.1, -0.05) is 6.92 Å². The lowest BCUT2D eigenvalue weighted by atomic mass is 9.81. The molecule has 0 bridgehead atoms. The van der Waals surface area contributed by atoms with Gasteiger partial charge in [0.25, 0.3) is 5.91 Å². The van der Waals surface area contributed by atoms with Gasteiger partial charge in [-0.05, 0) is 55.6 Å². The van der Waals surface area contributed by atoms with E-state index in [9.17, 15) is 31.5 Å². The van der Waals surface area contributed by atoms with Crippen molar-refractivity contribution in [2.75, 3.05) is 0 Å². The number of imidazole rings is 1. The predicted molar refractivity (Wildman–Crippen MR) is 142 cm³/mol. The van der Waals surface area contributed by atoms with Crippen LogP contribution in [0.1, 0.15) is 98.4 Å². The monoisotopic (exact) mass is 595 g/mol. The maximum Gasteiger partial charge on any atom is 0.389 e. The molecule has 2 aliphatic rings. The number of halogens is 5. The number of aromatic nitrogens is 5. The SMILES string of the molecule is CCCn1cc(C(=O)N[C@H](c2cn3ncc([C@H](NC(=O)CCC(F)(F)F)C4CC4)cc3n2)C2CCC(F)(F)CC2)cn1. The number of hydrogen-bond donors (Lipinski definition) is 2. The van der Waals surface area contributed by atoms with Gasteiger partial charge in [-0.2, -0.15) is 23.4 Å². The molecule has 2 amide bonds.